The van der Waals surface area contributed by atoms with Crippen LogP contribution in [0.1, 0.15) is 25.7 Å². The molecule has 2 fully saturated rings. The fourth-order valence-corrected chi connectivity index (χ4v) is 4.11. The number of hydrogen-bond acceptors (Lipinski definition) is 3. The molecule has 70 valence electrons. The monoisotopic (exact) mass is 190 g/mol. The van der Waals surface area contributed by atoms with Gasteiger partial charge in [0.2, 0.25) is 0 Å². The summed E-state index contributed by atoms with van der Waals surface area (Å²) in [5.74, 6) is 0.590. The Balaban J connectivity index is 2.13. The molecule has 2 aliphatic heterocycles. The first-order chi connectivity index (χ1) is 5.62. The van der Waals surface area contributed by atoms with Crippen LogP contribution in [-0.2, 0) is 14.6 Å². The topological polar surface area (TPSA) is 43.4 Å². The second-order valence-corrected chi connectivity index (χ2v) is 6.01. The van der Waals surface area contributed by atoms with Gasteiger partial charge in [-0.25, -0.2) is 8.42 Å². The van der Waals surface area contributed by atoms with Crippen LogP contribution in [0.15, 0.2) is 0 Å². The van der Waals surface area contributed by atoms with Crippen molar-refractivity contribution in [2.75, 3.05) is 18.1 Å². The lowest BCUT2D eigenvalue weighted by atomic mass is 9.93. The summed E-state index contributed by atoms with van der Waals surface area (Å²) in [4.78, 5) is 0. The number of hydrogen-bond donors (Lipinski definition) is 0. The molecule has 4 heteroatoms. The Kier molecular flexibility index (Phi) is 1.92. The molecule has 2 saturated heterocycles. The maximum Gasteiger partial charge on any atom is 0.153 e. The molecule has 0 saturated carbocycles. The Morgan fingerprint density at radius 1 is 1.17 bits per heavy atom. The van der Waals surface area contributed by atoms with Crippen molar-refractivity contribution in [1.29, 1.82) is 0 Å². The second-order valence-electron chi connectivity index (χ2n) is 3.83. The van der Waals surface area contributed by atoms with Gasteiger partial charge in [0, 0.05) is 6.61 Å². The van der Waals surface area contributed by atoms with Crippen LogP contribution in [0.25, 0.3) is 0 Å². The minimum Gasteiger partial charge on any atom is -0.374 e. The highest BCUT2D eigenvalue weighted by atomic mass is 32.2. The zero-order valence-corrected chi connectivity index (χ0v) is 7.90. The molecule has 1 atom stereocenters. The van der Waals surface area contributed by atoms with E-state index in [9.17, 15) is 8.42 Å². The van der Waals surface area contributed by atoms with Gasteiger partial charge in [-0.15, -0.1) is 0 Å². The van der Waals surface area contributed by atoms with Crippen molar-refractivity contribution in [3.05, 3.63) is 0 Å². The molecule has 0 bridgehead atoms. The van der Waals surface area contributed by atoms with Gasteiger partial charge in [0.1, 0.15) is 0 Å². The molecule has 1 unspecified atom stereocenters. The lowest BCUT2D eigenvalue weighted by molar-refractivity contribution is -0.0590. The van der Waals surface area contributed by atoms with Crippen LogP contribution < -0.4 is 0 Å². The van der Waals surface area contributed by atoms with Crippen LogP contribution in [0, 0.1) is 0 Å². The zero-order chi connectivity index (χ0) is 8.66. The molecule has 2 rings (SSSR count). The van der Waals surface area contributed by atoms with E-state index < -0.39 is 9.84 Å². The minimum absolute atomic E-state index is 0.264. The summed E-state index contributed by atoms with van der Waals surface area (Å²) in [7, 11) is -2.78. The quantitative estimate of drug-likeness (QED) is 0.566. The van der Waals surface area contributed by atoms with Gasteiger partial charge >= 0.3 is 0 Å². The second kappa shape index (κ2) is 2.70. The van der Waals surface area contributed by atoms with E-state index in [0.717, 1.165) is 32.3 Å². The minimum atomic E-state index is -2.78. The van der Waals surface area contributed by atoms with Crippen LogP contribution in [0.2, 0.25) is 0 Å². The summed E-state index contributed by atoms with van der Waals surface area (Å²) in [6.45, 7) is 0.746. The van der Waals surface area contributed by atoms with Crippen LogP contribution in [-0.4, -0.2) is 32.1 Å². The van der Waals surface area contributed by atoms with Gasteiger partial charge in [0.05, 0.1) is 17.1 Å². The lowest BCUT2D eigenvalue weighted by Crippen LogP contribution is -2.37. The summed E-state index contributed by atoms with van der Waals surface area (Å²) < 4.78 is 28.0. The van der Waals surface area contributed by atoms with E-state index in [2.05, 4.69) is 0 Å². The predicted molar refractivity (Wildman–Crippen MR) is 45.8 cm³/mol. The van der Waals surface area contributed by atoms with Crippen molar-refractivity contribution in [3.8, 4) is 0 Å². The SMILES string of the molecule is O=S1(=O)CCC2(CCCCO2)C1. The molecule has 0 aromatic rings. The van der Waals surface area contributed by atoms with E-state index in [1.807, 2.05) is 0 Å². The third-order valence-electron chi connectivity index (χ3n) is 2.79. The lowest BCUT2D eigenvalue weighted by Gasteiger charge is -2.32. The van der Waals surface area contributed by atoms with Gasteiger partial charge in [-0.2, -0.15) is 0 Å². The highest BCUT2D eigenvalue weighted by Gasteiger charge is 2.43. The van der Waals surface area contributed by atoms with Gasteiger partial charge in [0.15, 0.2) is 9.84 Å². The summed E-state index contributed by atoms with van der Waals surface area (Å²) >= 11 is 0. The van der Waals surface area contributed by atoms with Crippen molar-refractivity contribution in [1.82, 2.24) is 0 Å². The summed E-state index contributed by atoms with van der Waals surface area (Å²) in [5.41, 5.74) is -0.281. The molecule has 0 aromatic carbocycles. The van der Waals surface area contributed by atoms with Crippen molar-refractivity contribution in [2.24, 2.45) is 0 Å². The predicted octanol–water partition coefficient (Wildman–Crippen LogP) is 0.744. The molecule has 3 nitrogen and oxygen atoms in total. The van der Waals surface area contributed by atoms with Crippen LogP contribution in [0.4, 0.5) is 0 Å². The summed E-state index contributed by atoms with van der Waals surface area (Å²) in [6.07, 6.45) is 3.86. The molecule has 2 aliphatic rings. The van der Waals surface area contributed by atoms with Gasteiger partial charge in [-0.3, -0.25) is 0 Å². The Morgan fingerprint density at radius 2 is 2.00 bits per heavy atom. The highest BCUT2D eigenvalue weighted by molar-refractivity contribution is 7.91. The summed E-state index contributed by atoms with van der Waals surface area (Å²) in [5, 5.41) is 0. The Morgan fingerprint density at radius 3 is 2.50 bits per heavy atom. The molecule has 0 N–H and O–H groups in total. The molecule has 2 heterocycles. The highest BCUT2D eigenvalue weighted by Crippen LogP contribution is 2.35. The number of sulfone groups is 1. The largest absolute Gasteiger partial charge is 0.374 e. The van der Waals surface area contributed by atoms with E-state index in [1.165, 1.54) is 0 Å². The fraction of sp³-hybridized carbons (Fsp3) is 1.00. The van der Waals surface area contributed by atoms with E-state index in [0.29, 0.717) is 5.75 Å². The molecular formula is C8H14O3S. The Bertz CT molecular complexity index is 262. The van der Waals surface area contributed by atoms with Crippen LogP contribution in [0.3, 0.4) is 0 Å². The molecule has 1 spiro atoms. The Hall–Kier alpha value is -0.0900. The normalized spacial score (nSPS) is 40.3. The van der Waals surface area contributed by atoms with E-state index in [4.69, 9.17) is 4.74 Å². The van der Waals surface area contributed by atoms with Crippen molar-refractivity contribution >= 4 is 9.84 Å². The maximum absolute atomic E-state index is 11.2. The fourth-order valence-electron chi connectivity index (χ4n) is 2.11. The molecule has 12 heavy (non-hydrogen) atoms. The van der Waals surface area contributed by atoms with Crippen molar-refractivity contribution in [2.45, 2.75) is 31.3 Å². The standard InChI is InChI=1S/C8H14O3S/c9-12(10)6-4-8(7-12)3-1-2-5-11-8/h1-7H2. The summed E-state index contributed by atoms with van der Waals surface area (Å²) in [6, 6.07) is 0. The molecule has 0 aliphatic carbocycles. The van der Waals surface area contributed by atoms with Gasteiger partial charge < -0.3 is 4.74 Å². The van der Waals surface area contributed by atoms with Gasteiger partial charge in [0.25, 0.3) is 0 Å². The van der Waals surface area contributed by atoms with Crippen molar-refractivity contribution in [3.63, 3.8) is 0 Å². The van der Waals surface area contributed by atoms with Crippen LogP contribution in [0.5, 0.6) is 0 Å². The average molecular weight is 190 g/mol. The van der Waals surface area contributed by atoms with Crippen molar-refractivity contribution < 1.29 is 13.2 Å². The molecule has 0 aromatic heterocycles. The number of ether oxygens (including phenoxy) is 1. The van der Waals surface area contributed by atoms with Crippen LogP contribution >= 0.6 is 0 Å². The molecule has 0 amide bonds. The third kappa shape index (κ3) is 1.50. The first-order valence-electron chi connectivity index (χ1n) is 4.46. The molecular weight excluding hydrogens is 176 g/mol. The van der Waals surface area contributed by atoms with E-state index in [-0.39, 0.29) is 11.4 Å². The maximum atomic E-state index is 11.2. The first kappa shape index (κ1) is 8.51. The molecule has 0 radical (unpaired) electrons. The Labute approximate surface area is 73.0 Å². The van der Waals surface area contributed by atoms with E-state index >= 15 is 0 Å². The number of rotatable bonds is 0. The average Bonchev–Trinajstić information content (AvgIpc) is 2.29. The van der Waals surface area contributed by atoms with Gasteiger partial charge in [-0.1, -0.05) is 0 Å². The van der Waals surface area contributed by atoms with E-state index in [1.54, 1.807) is 0 Å². The first-order valence-corrected chi connectivity index (χ1v) is 6.29. The third-order valence-corrected chi connectivity index (χ3v) is 4.58. The van der Waals surface area contributed by atoms with Gasteiger partial charge in [-0.05, 0) is 25.7 Å². The zero-order valence-electron chi connectivity index (χ0n) is 7.08. The smallest absolute Gasteiger partial charge is 0.153 e.